The van der Waals surface area contributed by atoms with E-state index >= 15 is 0 Å². The molecule has 0 spiro atoms. The van der Waals surface area contributed by atoms with E-state index in [1.54, 1.807) is 0 Å². The first kappa shape index (κ1) is 17.2. The highest BCUT2D eigenvalue weighted by molar-refractivity contribution is 4.97. The van der Waals surface area contributed by atoms with Gasteiger partial charge < -0.3 is 10.1 Å². The van der Waals surface area contributed by atoms with Crippen LogP contribution in [0.15, 0.2) is 0 Å². The van der Waals surface area contributed by atoms with Gasteiger partial charge in [-0.25, -0.2) is 0 Å². The van der Waals surface area contributed by atoms with Crippen molar-refractivity contribution in [2.24, 2.45) is 5.92 Å². The van der Waals surface area contributed by atoms with E-state index in [2.05, 4.69) is 37.9 Å². The van der Waals surface area contributed by atoms with Crippen molar-refractivity contribution in [2.45, 2.75) is 83.9 Å². The first-order chi connectivity index (χ1) is 10.1. The lowest BCUT2D eigenvalue weighted by atomic mass is 9.86. The van der Waals surface area contributed by atoms with Crippen molar-refractivity contribution in [2.75, 3.05) is 26.2 Å². The van der Waals surface area contributed by atoms with E-state index in [1.165, 1.54) is 45.1 Å². The van der Waals surface area contributed by atoms with Gasteiger partial charge >= 0.3 is 0 Å². The topological polar surface area (TPSA) is 24.5 Å². The summed E-state index contributed by atoms with van der Waals surface area (Å²) < 4.78 is 6.01. The van der Waals surface area contributed by atoms with Crippen LogP contribution in [0, 0.1) is 5.92 Å². The van der Waals surface area contributed by atoms with Crippen LogP contribution in [0.3, 0.4) is 0 Å². The Morgan fingerprint density at radius 2 is 2.00 bits per heavy atom. The maximum absolute atomic E-state index is 6.01. The summed E-state index contributed by atoms with van der Waals surface area (Å²) in [7, 11) is 0. The lowest BCUT2D eigenvalue weighted by molar-refractivity contribution is -0.0334. The molecule has 0 aromatic carbocycles. The Morgan fingerprint density at radius 3 is 2.57 bits per heavy atom. The third-order valence-electron chi connectivity index (χ3n) is 5.54. The molecule has 2 atom stereocenters. The van der Waals surface area contributed by atoms with Gasteiger partial charge in [0, 0.05) is 37.8 Å². The molecule has 2 rings (SSSR count). The fraction of sp³-hybridized carbons (Fsp3) is 1.00. The molecule has 0 aliphatic carbocycles. The number of hydrogen-bond donors (Lipinski definition) is 1. The van der Waals surface area contributed by atoms with Crippen molar-refractivity contribution >= 4 is 0 Å². The van der Waals surface area contributed by atoms with Gasteiger partial charge in [-0.2, -0.15) is 0 Å². The maximum Gasteiger partial charge on any atom is 0.0702 e. The van der Waals surface area contributed by atoms with Gasteiger partial charge in [0.2, 0.25) is 0 Å². The van der Waals surface area contributed by atoms with Gasteiger partial charge in [-0.1, -0.05) is 27.7 Å². The van der Waals surface area contributed by atoms with Gasteiger partial charge in [0.15, 0.2) is 0 Å². The molecule has 2 aliphatic heterocycles. The van der Waals surface area contributed by atoms with Gasteiger partial charge in [-0.05, 0) is 44.4 Å². The van der Waals surface area contributed by atoms with Crippen LogP contribution in [0.25, 0.3) is 0 Å². The standard InChI is InChI=1S/C18H36N2O/c1-5-18(6-2)14-20(13-17-9-7-8-10-21-17)16(12-19-18)11-15(3)4/h15-17,19H,5-14H2,1-4H3. The number of piperazine rings is 1. The second-order valence-corrected chi connectivity index (χ2v) is 7.57. The first-order valence-electron chi connectivity index (χ1n) is 9.19. The fourth-order valence-corrected chi connectivity index (χ4v) is 3.96. The monoisotopic (exact) mass is 296 g/mol. The van der Waals surface area contributed by atoms with Crippen LogP contribution < -0.4 is 5.32 Å². The van der Waals surface area contributed by atoms with E-state index in [4.69, 9.17) is 4.74 Å². The fourth-order valence-electron chi connectivity index (χ4n) is 3.96. The van der Waals surface area contributed by atoms with E-state index in [-0.39, 0.29) is 0 Å². The molecule has 21 heavy (non-hydrogen) atoms. The Labute approximate surface area is 131 Å². The maximum atomic E-state index is 6.01. The van der Waals surface area contributed by atoms with Crippen LogP contribution in [-0.4, -0.2) is 48.8 Å². The molecule has 3 heteroatoms. The summed E-state index contributed by atoms with van der Waals surface area (Å²) in [6.07, 6.45) is 8.06. The number of rotatable bonds is 6. The second-order valence-electron chi connectivity index (χ2n) is 7.57. The summed E-state index contributed by atoms with van der Waals surface area (Å²) >= 11 is 0. The normalized spacial score (nSPS) is 30.7. The zero-order valence-electron chi connectivity index (χ0n) is 14.7. The molecule has 1 N–H and O–H groups in total. The van der Waals surface area contributed by atoms with Crippen molar-refractivity contribution in [3.63, 3.8) is 0 Å². The Hall–Kier alpha value is -0.120. The van der Waals surface area contributed by atoms with E-state index in [9.17, 15) is 0 Å². The highest BCUT2D eigenvalue weighted by Gasteiger charge is 2.37. The summed E-state index contributed by atoms with van der Waals surface area (Å²) in [6.45, 7) is 13.8. The molecular formula is C18H36N2O. The molecule has 2 unspecified atom stereocenters. The highest BCUT2D eigenvalue weighted by Crippen LogP contribution is 2.27. The number of nitrogens with one attached hydrogen (secondary N) is 1. The van der Waals surface area contributed by atoms with Crippen molar-refractivity contribution in [3.05, 3.63) is 0 Å². The van der Waals surface area contributed by atoms with Crippen molar-refractivity contribution in [1.82, 2.24) is 10.2 Å². The lowest BCUT2D eigenvalue weighted by Crippen LogP contribution is -2.65. The molecule has 0 aromatic heterocycles. The molecule has 2 fully saturated rings. The molecule has 0 amide bonds. The van der Waals surface area contributed by atoms with Crippen LogP contribution in [0.1, 0.15) is 66.2 Å². The van der Waals surface area contributed by atoms with Gasteiger partial charge in [0.1, 0.15) is 0 Å². The number of ether oxygens (including phenoxy) is 1. The Morgan fingerprint density at radius 1 is 1.24 bits per heavy atom. The number of nitrogens with zero attached hydrogens (tertiary/aromatic N) is 1. The molecule has 2 saturated heterocycles. The molecular weight excluding hydrogens is 260 g/mol. The van der Waals surface area contributed by atoms with Crippen LogP contribution in [0.4, 0.5) is 0 Å². The largest absolute Gasteiger partial charge is 0.377 e. The van der Waals surface area contributed by atoms with Gasteiger partial charge in [0.25, 0.3) is 0 Å². The molecule has 3 nitrogen and oxygen atoms in total. The van der Waals surface area contributed by atoms with Crippen molar-refractivity contribution in [3.8, 4) is 0 Å². The smallest absolute Gasteiger partial charge is 0.0702 e. The summed E-state index contributed by atoms with van der Waals surface area (Å²) in [5.41, 5.74) is 0.322. The first-order valence-corrected chi connectivity index (χ1v) is 9.19. The summed E-state index contributed by atoms with van der Waals surface area (Å²) in [5, 5.41) is 3.87. The molecule has 2 aliphatic rings. The van der Waals surface area contributed by atoms with E-state index in [0.717, 1.165) is 25.6 Å². The van der Waals surface area contributed by atoms with Crippen molar-refractivity contribution < 1.29 is 4.74 Å². The molecule has 0 saturated carbocycles. The van der Waals surface area contributed by atoms with E-state index in [1.807, 2.05) is 0 Å². The minimum atomic E-state index is 0.322. The SMILES string of the molecule is CCC1(CC)CN(CC2CCCCO2)C(CC(C)C)CN1. The third kappa shape index (κ3) is 4.67. The predicted octanol–water partition coefficient (Wildman–Crippen LogP) is 3.43. The lowest BCUT2D eigenvalue weighted by Gasteiger charge is -2.49. The predicted molar refractivity (Wildman–Crippen MR) is 89.7 cm³/mol. The molecule has 124 valence electrons. The second kappa shape index (κ2) is 7.94. The minimum Gasteiger partial charge on any atom is -0.377 e. The number of hydrogen-bond acceptors (Lipinski definition) is 3. The van der Waals surface area contributed by atoms with Crippen LogP contribution in [0.5, 0.6) is 0 Å². The molecule has 0 bridgehead atoms. The Balaban J connectivity index is 2.00. The van der Waals surface area contributed by atoms with Gasteiger partial charge in [-0.15, -0.1) is 0 Å². The van der Waals surface area contributed by atoms with E-state index in [0.29, 0.717) is 17.7 Å². The Bertz CT molecular complexity index is 296. The summed E-state index contributed by atoms with van der Waals surface area (Å²) in [4.78, 5) is 2.75. The zero-order valence-corrected chi connectivity index (χ0v) is 14.7. The zero-order chi connectivity index (χ0) is 15.3. The van der Waals surface area contributed by atoms with Crippen LogP contribution in [0.2, 0.25) is 0 Å². The summed E-state index contributed by atoms with van der Waals surface area (Å²) in [5.74, 6) is 0.766. The van der Waals surface area contributed by atoms with Gasteiger partial charge in [-0.3, -0.25) is 4.90 Å². The average molecular weight is 296 g/mol. The van der Waals surface area contributed by atoms with E-state index < -0.39 is 0 Å². The van der Waals surface area contributed by atoms with Crippen LogP contribution >= 0.6 is 0 Å². The third-order valence-corrected chi connectivity index (χ3v) is 5.54. The van der Waals surface area contributed by atoms with Gasteiger partial charge in [0.05, 0.1) is 6.10 Å². The Kier molecular flexibility index (Phi) is 6.51. The van der Waals surface area contributed by atoms with Crippen LogP contribution in [-0.2, 0) is 4.74 Å². The average Bonchev–Trinajstić information content (AvgIpc) is 2.50. The molecule has 0 aromatic rings. The molecule has 0 radical (unpaired) electrons. The minimum absolute atomic E-state index is 0.322. The van der Waals surface area contributed by atoms with Crippen molar-refractivity contribution in [1.29, 1.82) is 0 Å². The highest BCUT2D eigenvalue weighted by atomic mass is 16.5. The molecule has 2 heterocycles. The summed E-state index contributed by atoms with van der Waals surface area (Å²) in [6, 6.07) is 0.682. The quantitative estimate of drug-likeness (QED) is 0.812.